The average molecular weight is 154 g/mol. The molecule has 10 heavy (non-hydrogen) atoms. The van der Waals surface area contributed by atoms with Gasteiger partial charge in [0.25, 0.3) is 0 Å². The van der Waals surface area contributed by atoms with Gasteiger partial charge in [-0.05, 0) is 0 Å². The van der Waals surface area contributed by atoms with Gasteiger partial charge in [0.2, 0.25) is 0 Å². The van der Waals surface area contributed by atoms with E-state index in [-0.39, 0.29) is 0 Å². The lowest BCUT2D eigenvalue weighted by Crippen LogP contribution is -1.95. The summed E-state index contributed by atoms with van der Waals surface area (Å²) in [5.74, 6) is 0. The molecule has 0 amide bonds. The van der Waals surface area contributed by atoms with Crippen LogP contribution in [0, 0.1) is 0 Å². The van der Waals surface area contributed by atoms with Crippen molar-refractivity contribution in [1.82, 2.24) is 4.98 Å². The largest absolute Gasteiger partial charge is 0.397 e. The van der Waals surface area contributed by atoms with E-state index in [4.69, 9.17) is 5.73 Å². The van der Waals surface area contributed by atoms with Gasteiger partial charge in [0.15, 0.2) is 0 Å². The maximum Gasteiger partial charge on any atom is 0.144 e. The fraction of sp³-hybridized carbons (Fsp3) is 0. The Morgan fingerprint density at radius 1 is 1.80 bits per heavy atom. The van der Waals surface area contributed by atoms with Crippen molar-refractivity contribution in [2.24, 2.45) is 5.73 Å². The lowest BCUT2D eigenvalue weighted by atomic mass is 10.3. The molecule has 0 fully saturated rings. The molecule has 2 N–H and O–H groups in total. The number of allylic oxidation sites excluding steroid dienone is 1. The van der Waals surface area contributed by atoms with Crippen molar-refractivity contribution in [3.05, 3.63) is 22.7 Å². The molecule has 0 aromatic carbocycles. The Labute approximate surface area is 62.2 Å². The highest BCUT2D eigenvalue weighted by Gasteiger charge is 1.95. The number of hydrogen-bond acceptors (Lipinski definition) is 4. The number of nitrogens with zero attached hydrogens (tertiary/aromatic N) is 1. The van der Waals surface area contributed by atoms with Crippen LogP contribution in [0.5, 0.6) is 0 Å². The van der Waals surface area contributed by atoms with Crippen molar-refractivity contribution in [2.75, 3.05) is 0 Å². The third-order valence-corrected chi connectivity index (χ3v) is 1.56. The Hall–Kier alpha value is -1.16. The van der Waals surface area contributed by atoms with Crippen molar-refractivity contribution in [2.45, 2.75) is 0 Å². The zero-order chi connectivity index (χ0) is 7.40. The van der Waals surface area contributed by atoms with Crippen LogP contribution in [-0.2, 0) is 4.79 Å². The second kappa shape index (κ2) is 3.12. The van der Waals surface area contributed by atoms with Gasteiger partial charge in [0, 0.05) is 11.5 Å². The van der Waals surface area contributed by atoms with Crippen LogP contribution in [0.25, 0.3) is 5.70 Å². The topological polar surface area (TPSA) is 56.0 Å². The molecule has 0 saturated heterocycles. The summed E-state index contributed by atoms with van der Waals surface area (Å²) in [6.07, 6.45) is 1.93. The predicted octanol–water partition coefficient (Wildman–Crippen LogP) is 0.642. The van der Waals surface area contributed by atoms with Gasteiger partial charge in [-0.15, -0.1) is 11.3 Å². The molecule has 1 heterocycles. The molecule has 0 aliphatic heterocycles. The van der Waals surface area contributed by atoms with Crippen LogP contribution in [0.2, 0.25) is 0 Å². The first kappa shape index (κ1) is 6.95. The average Bonchev–Trinajstić information content (AvgIpc) is 2.38. The third kappa shape index (κ3) is 1.41. The Balaban J connectivity index is 2.86. The van der Waals surface area contributed by atoms with Crippen LogP contribution in [0.1, 0.15) is 5.69 Å². The summed E-state index contributed by atoms with van der Waals surface area (Å²) in [5, 5.41) is 1.79. The van der Waals surface area contributed by atoms with Gasteiger partial charge < -0.3 is 5.73 Å². The van der Waals surface area contributed by atoms with Crippen molar-refractivity contribution < 1.29 is 4.79 Å². The first-order valence-corrected chi connectivity index (χ1v) is 3.58. The predicted molar refractivity (Wildman–Crippen MR) is 40.3 cm³/mol. The van der Waals surface area contributed by atoms with E-state index in [2.05, 4.69) is 4.98 Å². The van der Waals surface area contributed by atoms with E-state index in [0.717, 1.165) is 0 Å². The van der Waals surface area contributed by atoms with Crippen LogP contribution in [0.4, 0.5) is 0 Å². The highest BCUT2D eigenvalue weighted by molar-refractivity contribution is 7.07. The van der Waals surface area contributed by atoms with Crippen LogP contribution in [-0.4, -0.2) is 11.3 Å². The molecule has 1 aromatic heterocycles. The Morgan fingerprint density at radius 3 is 3.10 bits per heavy atom. The van der Waals surface area contributed by atoms with E-state index in [1.54, 1.807) is 10.9 Å². The molecule has 0 unspecified atom stereocenters. The monoisotopic (exact) mass is 154 g/mol. The van der Waals surface area contributed by atoms with Crippen molar-refractivity contribution >= 4 is 23.3 Å². The standard InChI is InChI=1S/C6H6N2OS/c7-5(1-2-9)6-3-10-4-8-6/h1-4H,7H2/b5-1-. The molecule has 0 aliphatic rings. The number of carbonyl (C=O) groups excluding carboxylic acids is 1. The number of carbonyl (C=O) groups is 1. The molecular formula is C6H6N2OS. The molecule has 4 heteroatoms. The summed E-state index contributed by atoms with van der Waals surface area (Å²) in [6, 6.07) is 0. The summed E-state index contributed by atoms with van der Waals surface area (Å²) in [5.41, 5.74) is 8.17. The van der Waals surface area contributed by atoms with Gasteiger partial charge in [-0.25, -0.2) is 4.98 Å². The van der Waals surface area contributed by atoms with Crippen molar-refractivity contribution in [3.8, 4) is 0 Å². The fourth-order valence-electron chi connectivity index (χ4n) is 0.514. The molecule has 0 radical (unpaired) electrons. The minimum atomic E-state index is 0.413. The summed E-state index contributed by atoms with van der Waals surface area (Å²) in [6.45, 7) is 0. The summed E-state index contributed by atoms with van der Waals surface area (Å²) < 4.78 is 0. The zero-order valence-electron chi connectivity index (χ0n) is 5.15. The van der Waals surface area contributed by atoms with Gasteiger partial charge in [-0.3, -0.25) is 4.79 Å². The number of rotatable bonds is 2. The molecule has 0 spiro atoms. The first-order chi connectivity index (χ1) is 4.84. The Bertz CT molecular complexity index is 240. The quantitative estimate of drug-likeness (QED) is 0.502. The van der Waals surface area contributed by atoms with Gasteiger partial charge >= 0.3 is 0 Å². The highest BCUT2D eigenvalue weighted by atomic mass is 32.1. The maximum absolute atomic E-state index is 9.93. The summed E-state index contributed by atoms with van der Waals surface area (Å²) in [7, 11) is 0. The van der Waals surface area contributed by atoms with Crippen LogP contribution < -0.4 is 5.73 Å². The number of hydrogen-bond donors (Lipinski definition) is 1. The molecule has 3 nitrogen and oxygen atoms in total. The highest BCUT2D eigenvalue weighted by Crippen LogP contribution is 2.07. The van der Waals surface area contributed by atoms with E-state index < -0.39 is 0 Å². The van der Waals surface area contributed by atoms with Crippen LogP contribution >= 0.6 is 11.3 Å². The lowest BCUT2D eigenvalue weighted by molar-refractivity contribution is -0.104. The van der Waals surface area contributed by atoms with Crippen LogP contribution in [0.3, 0.4) is 0 Å². The fourth-order valence-corrected chi connectivity index (χ4v) is 1.07. The van der Waals surface area contributed by atoms with E-state index in [0.29, 0.717) is 17.7 Å². The normalized spacial score (nSPS) is 11.4. The Kier molecular flexibility index (Phi) is 2.17. The maximum atomic E-state index is 9.93. The number of aldehydes is 1. The van der Waals surface area contributed by atoms with Gasteiger partial charge in [-0.2, -0.15) is 0 Å². The second-order valence-corrected chi connectivity index (χ2v) is 2.35. The van der Waals surface area contributed by atoms with Crippen LogP contribution in [0.15, 0.2) is 17.0 Å². The smallest absolute Gasteiger partial charge is 0.144 e. The minimum absolute atomic E-state index is 0.413. The third-order valence-electron chi connectivity index (χ3n) is 0.976. The van der Waals surface area contributed by atoms with E-state index in [9.17, 15) is 4.79 Å². The van der Waals surface area contributed by atoms with Gasteiger partial charge in [0.1, 0.15) is 6.29 Å². The zero-order valence-corrected chi connectivity index (χ0v) is 5.97. The van der Waals surface area contributed by atoms with E-state index in [1.807, 2.05) is 0 Å². The SMILES string of the molecule is N/C(=C\C=O)c1cscn1. The molecule has 0 bridgehead atoms. The van der Waals surface area contributed by atoms with Crippen molar-refractivity contribution in [3.63, 3.8) is 0 Å². The van der Waals surface area contributed by atoms with E-state index >= 15 is 0 Å². The number of aromatic nitrogens is 1. The van der Waals surface area contributed by atoms with Gasteiger partial charge in [-0.1, -0.05) is 0 Å². The molecule has 0 aliphatic carbocycles. The van der Waals surface area contributed by atoms with Gasteiger partial charge in [0.05, 0.1) is 16.9 Å². The van der Waals surface area contributed by atoms with Crippen molar-refractivity contribution in [1.29, 1.82) is 0 Å². The number of thiazole rings is 1. The molecule has 0 atom stereocenters. The second-order valence-electron chi connectivity index (χ2n) is 1.63. The molecule has 1 rings (SSSR count). The van der Waals surface area contributed by atoms with E-state index in [1.165, 1.54) is 17.4 Å². The molecule has 1 aromatic rings. The summed E-state index contributed by atoms with van der Waals surface area (Å²) in [4.78, 5) is 13.8. The lowest BCUT2D eigenvalue weighted by Gasteiger charge is -1.89. The molecule has 0 saturated carbocycles. The first-order valence-electron chi connectivity index (χ1n) is 2.64. The minimum Gasteiger partial charge on any atom is -0.397 e. The number of nitrogens with two attached hydrogens (primary N) is 1. The molecule has 52 valence electrons. The summed E-state index contributed by atoms with van der Waals surface area (Å²) >= 11 is 1.45. The Morgan fingerprint density at radius 2 is 2.60 bits per heavy atom. The molecular weight excluding hydrogens is 148 g/mol.